The predicted molar refractivity (Wildman–Crippen MR) is 96.8 cm³/mol. The van der Waals surface area contributed by atoms with E-state index >= 15 is 0 Å². The van der Waals surface area contributed by atoms with Crippen molar-refractivity contribution in [3.63, 3.8) is 0 Å². The van der Waals surface area contributed by atoms with Crippen LogP contribution in [0.25, 0.3) is 5.57 Å². The van der Waals surface area contributed by atoms with Crippen LogP contribution in [0.15, 0.2) is 53.5 Å². The molecule has 2 aromatic carbocycles. The van der Waals surface area contributed by atoms with Gasteiger partial charge < -0.3 is 20.9 Å². The van der Waals surface area contributed by atoms with Gasteiger partial charge in [0.1, 0.15) is 11.5 Å². The summed E-state index contributed by atoms with van der Waals surface area (Å²) in [5.41, 5.74) is 13.7. The Morgan fingerprint density at radius 1 is 1.16 bits per heavy atom. The molecule has 1 aliphatic rings. The van der Waals surface area contributed by atoms with Crippen molar-refractivity contribution < 1.29 is 14.3 Å². The van der Waals surface area contributed by atoms with Crippen LogP contribution in [0.5, 0.6) is 11.5 Å². The van der Waals surface area contributed by atoms with E-state index in [1.54, 1.807) is 25.3 Å². The lowest BCUT2D eigenvalue weighted by molar-refractivity contribution is 0.100. The van der Waals surface area contributed by atoms with Gasteiger partial charge in [-0.1, -0.05) is 24.3 Å². The molecule has 6 heteroatoms. The highest BCUT2D eigenvalue weighted by Crippen LogP contribution is 2.38. The fourth-order valence-corrected chi connectivity index (χ4v) is 2.79. The van der Waals surface area contributed by atoms with Crippen LogP contribution in [0, 0.1) is 0 Å². The van der Waals surface area contributed by atoms with Gasteiger partial charge in [-0.3, -0.25) is 4.79 Å². The molecule has 1 aliphatic heterocycles. The summed E-state index contributed by atoms with van der Waals surface area (Å²) in [6, 6.07) is 12.9. The van der Waals surface area contributed by atoms with Crippen LogP contribution in [0.4, 0.5) is 0 Å². The molecule has 0 saturated heterocycles. The zero-order valence-corrected chi connectivity index (χ0v) is 13.9. The molecule has 3 rings (SSSR count). The third kappa shape index (κ3) is 3.47. The Hall–Kier alpha value is -3.28. The molecule has 2 aromatic rings. The number of ether oxygens (including phenoxy) is 2. The first kappa shape index (κ1) is 16.6. The van der Waals surface area contributed by atoms with E-state index in [-0.39, 0.29) is 5.96 Å². The Morgan fingerprint density at radius 2 is 1.96 bits per heavy atom. The molecule has 25 heavy (non-hydrogen) atoms. The minimum Gasteiger partial charge on any atom is -0.496 e. The number of hydrogen-bond donors (Lipinski definition) is 2. The zero-order chi connectivity index (χ0) is 17.8. The summed E-state index contributed by atoms with van der Waals surface area (Å²) < 4.78 is 11.3. The molecular formula is C19H19N3O3. The van der Waals surface area contributed by atoms with Crippen molar-refractivity contribution >= 4 is 17.4 Å². The number of amides is 1. The van der Waals surface area contributed by atoms with E-state index < -0.39 is 5.91 Å². The maximum Gasteiger partial charge on any atom is 0.280 e. The number of guanidine groups is 1. The maximum absolute atomic E-state index is 12.2. The molecule has 128 valence electrons. The second-order valence-electron chi connectivity index (χ2n) is 5.51. The molecule has 6 nitrogen and oxygen atoms in total. The largest absolute Gasteiger partial charge is 0.496 e. The molecule has 0 spiro atoms. The number of carbonyl (C=O) groups is 1. The second-order valence-corrected chi connectivity index (χ2v) is 5.51. The van der Waals surface area contributed by atoms with Gasteiger partial charge in [0.25, 0.3) is 5.91 Å². The van der Waals surface area contributed by atoms with Crippen LogP contribution in [0.3, 0.4) is 0 Å². The molecule has 0 bridgehead atoms. The third-order valence-corrected chi connectivity index (χ3v) is 3.87. The van der Waals surface area contributed by atoms with Crippen LogP contribution >= 0.6 is 0 Å². The molecule has 0 radical (unpaired) electrons. The molecular weight excluding hydrogens is 318 g/mol. The zero-order valence-electron chi connectivity index (χ0n) is 13.9. The highest BCUT2D eigenvalue weighted by molar-refractivity contribution is 6.03. The van der Waals surface area contributed by atoms with Crippen LogP contribution in [0.1, 0.15) is 27.9 Å². The van der Waals surface area contributed by atoms with Crippen molar-refractivity contribution in [2.75, 3.05) is 13.7 Å². The number of methoxy groups -OCH3 is 1. The van der Waals surface area contributed by atoms with Gasteiger partial charge in [0.05, 0.1) is 13.7 Å². The van der Waals surface area contributed by atoms with Crippen LogP contribution in [-0.2, 0) is 0 Å². The van der Waals surface area contributed by atoms with Gasteiger partial charge in [-0.05, 0) is 29.8 Å². The molecule has 0 fully saturated rings. The van der Waals surface area contributed by atoms with Crippen LogP contribution in [-0.4, -0.2) is 25.6 Å². The first-order valence-electron chi connectivity index (χ1n) is 7.85. The SMILES string of the molecule is COc1ccccc1C1=CCCOc2ccc(C(=O)N=C(N)N)cc21. The standard InChI is InChI=1S/C19H19N3O3/c1-24-16-7-3-2-5-14(16)13-6-4-10-25-17-9-8-12(11-15(13)17)18(23)22-19(20)21/h2-3,5-9,11H,4,10H2,1H3,(H4,20,21,22,23). The summed E-state index contributed by atoms with van der Waals surface area (Å²) in [4.78, 5) is 15.8. The number of benzene rings is 2. The van der Waals surface area contributed by atoms with Crippen molar-refractivity contribution in [3.8, 4) is 11.5 Å². The van der Waals surface area contributed by atoms with Crippen molar-refractivity contribution in [1.82, 2.24) is 0 Å². The molecule has 0 unspecified atom stereocenters. The predicted octanol–water partition coefficient (Wildman–Crippen LogP) is 2.32. The van der Waals surface area contributed by atoms with E-state index in [0.29, 0.717) is 17.9 Å². The fourth-order valence-electron chi connectivity index (χ4n) is 2.79. The topological polar surface area (TPSA) is 99.9 Å². The number of nitrogens with zero attached hydrogens (tertiary/aromatic N) is 1. The third-order valence-electron chi connectivity index (χ3n) is 3.87. The number of para-hydroxylation sites is 1. The summed E-state index contributed by atoms with van der Waals surface area (Å²) in [6.07, 6.45) is 2.83. The monoisotopic (exact) mass is 337 g/mol. The molecule has 0 aromatic heterocycles. The van der Waals surface area contributed by atoms with Gasteiger partial charge in [0.2, 0.25) is 0 Å². The Bertz CT molecular complexity index is 868. The van der Waals surface area contributed by atoms with E-state index in [4.69, 9.17) is 20.9 Å². The number of hydrogen-bond acceptors (Lipinski definition) is 3. The van der Waals surface area contributed by atoms with Crippen molar-refractivity contribution in [3.05, 3.63) is 65.2 Å². The van der Waals surface area contributed by atoms with Gasteiger partial charge in [-0.25, -0.2) is 0 Å². The van der Waals surface area contributed by atoms with E-state index in [9.17, 15) is 4.79 Å². The highest BCUT2D eigenvalue weighted by atomic mass is 16.5. The highest BCUT2D eigenvalue weighted by Gasteiger charge is 2.19. The van der Waals surface area contributed by atoms with Gasteiger partial charge in [-0.15, -0.1) is 0 Å². The summed E-state index contributed by atoms with van der Waals surface area (Å²) in [6.45, 7) is 0.562. The van der Waals surface area contributed by atoms with Gasteiger partial charge in [0.15, 0.2) is 5.96 Å². The number of fused-ring (bicyclic) bond motifs is 1. The van der Waals surface area contributed by atoms with E-state index in [1.807, 2.05) is 24.3 Å². The number of nitrogens with two attached hydrogens (primary N) is 2. The number of aliphatic imine (C=N–C) groups is 1. The van der Waals surface area contributed by atoms with E-state index in [2.05, 4.69) is 11.1 Å². The van der Waals surface area contributed by atoms with E-state index in [0.717, 1.165) is 28.9 Å². The van der Waals surface area contributed by atoms with Crippen molar-refractivity contribution in [2.24, 2.45) is 16.5 Å². The molecule has 0 atom stereocenters. The lowest BCUT2D eigenvalue weighted by atomic mass is 9.94. The van der Waals surface area contributed by atoms with Crippen LogP contribution in [0.2, 0.25) is 0 Å². The summed E-state index contributed by atoms with van der Waals surface area (Å²) in [5.74, 6) is 0.696. The van der Waals surface area contributed by atoms with E-state index in [1.165, 1.54) is 0 Å². The van der Waals surface area contributed by atoms with Gasteiger partial charge >= 0.3 is 0 Å². The maximum atomic E-state index is 12.2. The van der Waals surface area contributed by atoms with Gasteiger partial charge in [0, 0.05) is 23.1 Å². The average Bonchev–Trinajstić information content (AvgIpc) is 2.82. The molecule has 0 aliphatic carbocycles. The fraction of sp³-hybridized carbons (Fsp3) is 0.158. The van der Waals surface area contributed by atoms with Crippen LogP contribution < -0.4 is 20.9 Å². The molecule has 0 saturated carbocycles. The first-order chi connectivity index (χ1) is 12.1. The Morgan fingerprint density at radius 3 is 2.72 bits per heavy atom. The quantitative estimate of drug-likeness (QED) is 0.661. The summed E-state index contributed by atoms with van der Waals surface area (Å²) >= 11 is 0. The summed E-state index contributed by atoms with van der Waals surface area (Å²) in [7, 11) is 1.63. The Kier molecular flexibility index (Phi) is 4.70. The summed E-state index contributed by atoms with van der Waals surface area (Å²) in [5, 5.41) is 0. The molecule has 4 N–H and O–H groups in total. The van der Waals surface area contributed by atoms with Gasteiger partial charge in [-0.2, -0.15) is 4.99 Å². The normalized spacial score (nSPS) is 12.9. The lowest BCUT2D eigenvalue weighted by Crippen LogP contribution is -2.24. The average molecular weight is 337 g/mol. The number of carbonyl (C=O) groups excluding carboxylic acids is 1. The molecule has 1 heterocycles. The smallest absolute Gasteiger partial charge is 0.280 e. The molecule has 1 amide bonds. The Labute approximate surface area is 145 Å². The second kappa shape index (κ2) is 7.09. The van der Waals surface area contributed by atoms with Crippen molar-refractivity contribution in [2.45, 2.75) is 6.42 Å². The minimum absolute atomic E-state index is 0.267. The minimum atomic E-state index is -0.494. The number of rotatable bonds is 3. The Balaban J connectivity index is 2.13. The first-order valence-corrected chi connectivity index (χ1v) is 7.85. The lowest BCUT2D eigenvalue weighted by Gasteiger charge is -2.15. The van der Waals surface area contributed by atoms with Crippen molar-refractivity contribution in [1.29, 1.82) is 0 Å².